The van der Waals surface area contributed by atoms with Crippen molar-refractivity contribution in [2.75, 3.05) is 39.9 Å². The summed E-state index contributed by atoms with van der Waals surface area (Å²) in [6.07, 6.45) is 1.15. The van der Waals surface area contributed by atoms with E-state index in [1.807, 2.05) is 13.0 Å². The summed E-state index contributed by atoms with van der Waals surface area (Å²) >= 11 is 3.76. The Morgan fingerprint density at radius 2 is 1.96 bits per heavy atom. The van der Waals surface area contributed by atoms with Crippen LogP contribution in [0, 0.1) is 0 Å². The fourth-order valence-electron chi connectivity index (χ4n) is 3.54. The maximum Gasteiger partial charge on any atom is 0.161 e. The zero-order valence-corrected chi connectivity index (χ0v) is 17.1. The Morgan fingerprint density at radius 3 is 2.73 bits per heavy atom. The third-order valence-corrected chi connectivity index (χ3v) is 5.47. The molecule has 1 atom stereocenters. The summed E-state index contributed by atoms with van der Waals surface area (Å²) in [5.74, 6) is 1.58. The summed E-state index contributed by atoms with van der Waals surface area (Å²) in [5.41, 5.74) is 2.50. The molecule has 0 radical (unpaired) electrons. The normalized spacial score (nSPS) is 16.7. The summed E-state index contributed by atoms with van der Waals surface area (Å²) in [5, 5.41) is 3.50. The quantitative estimate of drug-likeness (QED) is 0.760. The van der Waals surface area contributed by atoms with Crippen LogP contribution in [-0.4, -0.2) is 44.8 Å². The standard InChI is InChI=1S/C21H27BrN2O2/c1-3-26-19-10-9-16(15-20(19)25-2)21(17-7-4-5-8-18(17)22)24-13-6-11-23-12-14-24/h4-5,7-10,15,21,23H,3,6,11-14H2,1-2H3. The molecule has 1 saturated heterocycles. The number of rotatable bonds is 6. The van der Waals surface area contributed by atoms with Gasteiger partial charge in [-0.15, -0.1) is 0 Å². The van der Waals surface area contributed by atoms with Gasteiger partial charge in [0.15, 0.2) is 11.5 Å². The van der Waals surface area contributed by atoms with Gasteiger partial charge in [-0.25, -0.2) is 0 Å². The number of halogens is 1. The van der Waals surface area contributed by atoms with Crippen LogP contribution in [0.4, 0.5) is 0 Å². The lowest BCUT2D eigenvalue weighted by Gasteiger charge is -2.32. The summed E-state index contributed by atoms with van der Waals surface area (Å²) in [6, 6.07) is 15.0. The van der Waals surface area contributed by atoms with Crippen LogP contribution in [0.25, 0.3) is 0 Å². The van der Waals surface area contributed by atoms with Crippen LogP contribution in [0.2, 0.25) is 0 Å². The third-order valence-electron chi connectivity index (χ3n) is 4.74. The fraction of sp³-hybridized carbons (Fsp3) is 0.429. The zero-order valence-electron chi connectivity index (χ0n) is 15.5. The molecule has 1 aliphatic heterocycles. The molecule has 5 heteroatoms. The Hall–Kier alpha value is -1.56. The number of benzene rings is 2. The minimum absolute atomic E-state index is 0.176. The Balaban J connectivity index is 2.04. The molecule has 1 unspecified atom stereocenters. The number of ether oxygens (including phenoxy) is 2. The minimum Gasteiger partial charge on any atom is -0.493 e. The van der Waals surface area contributed by atoms with Gasteiger partial charge in [-0.1, -0.05) is 40.2 Å². The number of nitrogens with zero attached hydrogens (tertiary/aromatic N) is 1. The first-order chi connectivity index (χ1) is 12.7. The summed E-state index contributed by atoms with van der Waals surface area (Å²) < 4.78 is 12.4. The van der Waals surface area contributed by atoms with E-state index in [2.05, 4.69) is 62.5 Å². The molecule has 1 aliphatic rings. The molecule has 0 saturated carbocycles. The summed E-state index contributed by atoms with van der Waals surface area (Å²) in [6.45, 7) is 6.78. The van der Waals surface area contributed by atoms with E-state index in [-0.39, 0.29) is 6.04 Å². The predicted octanol–water partition coefficient (Wildman–Crippen LogP) is 4.24. The molecule has 1 heterocycles. The second kappa shape index (κ2) is 9.40. The number of nitrogens with one attached hydrogen (secondary N) is 1. The molecule has 3 rings (SSSR count). The van der Waals surface area contributed by atoms with E-state index in [0.29, 0.717) is 6.61 Å². The molecule has 1 fully saturated rings. The smallest absolute Gasteiger partial charge is 0.161 e. The highest BCUT2D eigenvalue weighted by Crippen LogP contribution is 2.38. The van der Waals surface area contributed by atoms with Crippen molar-refractivity contribution in [3.63, 3.8) is 0 Å². The maximum atomic E-state index is 5.70. The molecule has 0 amide bonds. The lowest BCUT2D eigenvalue weighted by molar-refractivity contribution is 0.239. The van der Waals surface area contributed by atoms with E-state index in [1.165, 1.54) is 11.1 Å². The van der Waals surface area contributed by atoms with Gasteiger partial charge in [-0.2, -0.15) is 0 Å². The minimum atomic E-state index is 0.176. The van der Waals surface area contributed by atoms with Crippen molar-refractivity contribution >= 4 is 15.9 Å². The van der Waals surface area contributed by atoms with Crippen LogP contribution in [0.15, 0.2) is 46.9 Å². The van der Waals surface area contributed by atoms with Gasteiger partial charge < -0.3 is 14.8 Å². The first-order valence-electron chi connectivity index (χ1n) is 9.24. The van der Waals surface area contributed by atoms with Crippen LogP contribution in [0.5, 0.6) is 11.5 Å². The third kappa shape index (κ3) is 4.40. The highest BCUT2D eigenvalue weighted by Gasteiger charge is 2.25. The van der Waals surface area contributed by atoms with Gasteiger partial charge in [0.25, 0.3) is 0 Å². The van der Waals surface area contributed by atoms with E-state index >= 15 is 0 Å². The van der Waals surface area contributed by atoms with Gasteiger partial charge in [0, 0.05) is 24.1 Å². The van der Waals surface area contributed by atoms with Crippen LogP contribution in [-0.2, 0) is 0 Å². The van der Waals surface area contributed by atoms with E-state index < -0.39 is 0 Å². The fourth-order valence-corrected chi connectivity index (χ4v) is 4.04. The average Bonchev–Trinajstić information content (AvgIpc) is 2.94. The van der Waals surface area contributed by atoms with Crippen molar-refractivity contribution in [1.29, 1.82) is 0 Å². The molecular weight excluding hydrogens is 392 g/mol. The molecule has 0 spiro atoms. The molecule has 1 N–H and O–H groups in total. The van der Waals surface area contributed by atoms with Gasteiger partial charge in [0.2, 0.25) is 0 Å². The molecule has 2 aromatic carbocycles. The van der Waals surface area contributed by atoms with Crippen LogP contribution < -0.4 is 14.8 Å². The molecule has 0 aromatic heterocycles. The Kier molecular flexibility index (Phi) is 6.94. The second-order valence-corrected chi connectivity index (χ2v) is 7.26. The Labute approximate surface area is 164 Å². The highest BCUT2D eigenvalue weighted by molar-refractivity contribution is 9.10. The van der Waals surface area contributed by atoms with E-state index in [9.17, 15) is 0 Å². The van der Waals surface area contributed by atoms with Crippen LogP contribution in [0.1, 0.15) is 30.5 Å². The molecular formula is C21H27BrN2O2. The molecule has 2 aromatic rings. The number of hydrogen-bond donors (Lipinski definition) is 1. The van der Waals surface area contributed by atoms with Gasteiger partial charge >= 0.3 is 0 Å². The predicted molar refractivity (Wildman–Crippen MR) is 109 cm³/mol. The van der Waals surface area contributed by atoms with E-state index in [4.69, 9.17) is 9.47 Å². The van der Waals surface area contributed by atoms with Crippen LogP contribution >= 0.6 is 15.9 Å². The number of methoxy groups -OCH3 is 1. The monoisotopic (exact) mass is 418 g/mol. The Bertz CT molecular complexity index is 715. The summed E-state index contributed by atoms with van der Waals surface area (Å²) in [4.78, 5) is 2.55. The molecule has 4 nitrogen and oxygen atoms in total. The van der Waals surface area contributed by atoms with E-state index in [0.717, 1.165) is 48.6 Å². The van der Waals surface area contributed by atoms with Gasteiger partial charge in [-0.3, -0.25) is 4.90 Å². The lowest BCUT2D eigenvalue weighted by atomic mass is 9.96. The SMILES string of the molecule is CCOc1ccc(C(c2ccccc2Br)N2CCCNCC2)cc1OC. The molecule has 0 aliphatic carbocycles. The first kappa shape index (κ1) is 19.2. The molecule has 0 bridgehead atoms. The van der Waals surface area contributed by atoms with Gasteiger partial charge in [0.05, 0.1) is 19.8 Å². The van der Waals surface area contributed by atoms with Crippen molar-refractivity contribution in [2.45, 2.75) is 19.4 Å². The van der Waals surface area contributed by atoms with Crippen molar-refractivity contribution in [3.8, 4) is 11.5 Å². The van der Waals surface area contributed by atoms with Crippen molar-refractivity contribution in [1.82, 2.24) is 10.2 Å². The van der Waals surface area contributed by atoms with E-state index in [1.54, 1.807) is 7.11 Å². The van der Waals surface area contributed by atoms with Gasteiger partial charge in [-0.05, 0) is 49.2 Å². The second-order valence-electron chi connectivity index (χ2n) is 6.41. The molecule has 26 heavy (non-hydrogen) atoms. The zero-order chi connectivity index (χ0) is 18.4. The van der Waals surface area contributed by atoms with Crippen molar-refractivity contribution in [2.24, 2.45) is 0 Å². The van der Waals surface area contributed by atoms with Crippen molar-refractivity contribution < 1.29 is 9.47 Å². The topological polar surface area (TPSA) is 33.7 Å². The Morgan fingerprint density at radius 1 is 1.12 bits per heavy atom. The molecule has 140 valence electrons. The van der Waals surface area contributed by atoms with Crippen molar-refractivity contribution in [3.05, 3.63) is 58.1 Å². The number of hydrogen-bond acceptors (Lipinski definition) is 4. The van der Waals surface area contributed by atoms with Crippen LogP contribution in [0.3, 0.4) is 0 Å². The average molecular weight is 419 g/mol. The largest absolute Gasteiger partial charge is 0.493 e. The first-order valence-corrected chi connectivity index (χ1v) is 10.0. The lowest BCUT2D eigenvalue weighted by Crippen LogP contribution is -2.33. The maximum absolute atomic E-state index is 5.70. The highest BCUT2D eigenvalue weighted by atomic mass is 79.9. The summed E-state index contributed by atoms with van der Waals surface area (Å²) in [7, 11) is 1.70. The van der Waals surface area contributed by atoms with Gasteiger partial charge in [0.1, 0.15) is 0 Å².